The molecule has 0 spiro atoms. The summed E-state index contributed by atoms with van der Waals surface area (Å²) >= 11 is 10.7. The number of carbonyl (C=O) groups excluding carboxylic acids is 2. The molecule has 2 amide bonds. The summed E-state index contributed by atoms with van der Waals surface area (Å²) < 4.78 is 22.7. The number of hydrogen-bond acceptors (Lipinski definition) is 8. The highest BCUT2D eigenvalue weighted by atomic mass is 79.9. The molecule has 0 aliphatic carbocycles. The molecule has 2 aromatic carbocycles. The molecule has 1 saturated heterocycles. The molecule has 0 radical (unpaired) electrons. The number of aromatic nitrogens is 1. The van der Waals surface area contributed by atoms with Crippen LogP contribution in [0.1, 0.15) is 16.8 Å². The third kappa shape index (κ3) is 5.02. The fourth-order valence-corrected chi connectivity index (χ4v) is 5.26. The van der Waals surface area contributed by atoms with E-state index in [0.717, 1.165) is 22.4 Å². The molecule has 8 nitrogen and oxygen atoms in total. The number of methoxy groups -OCH3 is 1. The van der Waals surface area contributed by atoms with Crippen molar-refractivity contribution in [1.82, 2.24) is 9.88 Å². The first kappa shape index (κ1) is 24.5. The zero-order valence-electron chi connectivity index (χ0n) is 18.8. The van der Waals surface area contributed by atoms with Gasteiger partial charge in [0.25, 0.3) is 11.1 Å². The molecule has 0 N–H and O–H groups in total. The van der Waals surface area contributed by atoms with Gasteiger partial charge in [-0.2, -0.15) is 0 Å². The van der Waals surface area contributed by atoms with Gasteiger partial charge in [-0.1, -0.05) is 17.7 Å². The minimum atomic E-state index is -0.413. The summed E-state index contributed by atoms with van der Waals surface area (Å²) in [5.41, 5.74) is 2.02. The Morgan fingerprint density at radius 2 is 2.00 bits per heavy atom. The van der Waals surface area contributed by atoms with Gasteiger partial charge in [0.05, 0.1) is 28.7 Å². The highest BCUT2D eigenvalue weighted by Gasteiger charge is 2.36. The molecule has 0 saturated carbocycles. The van der Waals surface area contributed by atoms with Gasteiger partial charge in [-0.3, -0.25) is 19.5 Å². The van der Waals surface area contributed by atoms with E-state index in [1.165, 1.54) is 7.11 Å². The summed E-state index contributed by atoms with van der Waals surface area (Å²) in [4.78, 5) is 31.4. The van der Waals surface area contributed by atoms with Crippen LogP contribution in [0, 0.1) is 0 Å². The Labute approximate surface area is 224 Å². The quantitative estimate of drug-likeness (QED) is 0.308. The number of imide groups is 1. The van der Waals surface area contributed by atoms with Crippen molar-refractivity contribution in [2.75, 3.05) is 13.9 Å². The lowest BCUT2D eigenvalue weighted by Gasteiger charge is -2.14. The van der Waals surface area contributed by atoms with Crippen molar-refractivity contribution in [2.45, 2.75) is 13.2 Å². The van der Waals surface area contributed by atoms with E-state index in [1.807, 2.05) is 18.2 Å². The molecule has 0 bridgehead atoms. The molecule has 0 atom stereocenters. The second-order valence-corrected chi connectivity index (χ2v) is 9.96. The molecular weight excluding hydrogens is 572 g/mol. The van der Waals surface area contributed by atoms with E-state index >= 15 is 0 Å². The predicted octanol–water partition coefficient (Wildman–Crippen LogP) is 6.05. The third-order valence-electron chi connectivity index (χ3n) is 5.38. The van der Waals surface area contributed by atoms with Crippen LogP contribution < -0.4 is 18.9 Å². The normalized spacial score (nSPS) is 15.6. The number of nitrogens with zero attached hydrogens (tertiary/aromatic N) is 2. The van der Waals surface area contributed by atoms with Gasteiger partial charge < -0.3 is 18.9 Å². The maximum Gasteiger partial charge on any atom is 0.293 e. The Kier molecular flexibility index (Phi) is 7.08. The van der Waals surface area contributed by atoms with Crippen molar-refractivity contribution in [2.24, 2.45) is 0 Å². The maximum atomic E-state index is 13.1. The first-order valence-electron chi connectivity index (χ1n) is 10.7. The summed E-state index contributed by atoms with van der Waals surface area (Å²) in [6.07, 6.45) is 3.34. The largest absolute Gasteiger partial charge is 0.493 e. The Morgan fingerprint density at radius 3 is 2.75 bits per heavy atom. The highest BCUT2D eigenvalue weighted by molar-refractivity contribution is 9.10. The fourth-order valence-electron chi connectivity index (χ4n) is 3.63. The van der Waals surface area contributed by atoms with Gasteiger partial charge >= 0.3 is 0 Å². The van der Waals surface area contributed by atoms with Crippen LogP contribution in [0.15, 0.2) is 58.0 Å². The van der Waals surface area contributed by atoms with E-state index in [1.54, 1.807) is 36.5 Å². The van der Waals surface area contributed by atoms with Crippen LogP contribution in [0.3, 0.4) is 0 Å². The lowest BCUT2D eigenvalue weighted by Crippen LogP contribution is -2.27. The van der Waals surface area contributed by atoms with Gasteiger partial charge in [0.1, 0.15) is 6.61 Å². The molecule has 2 aliphatic rings. The zero-order chi connectivity index (χ0) is 25.2. The van der Waals surface area contributed by atoms with Crippen molar-refractivity contribution in [3.63, 3.8) is 0 Å². The van der Waals surface area contributed by atoms with Crippen molar-refractivity contribution >= 4 is 56.5 Å². The molecule has 3 heterocycles. The van der Waals surface area contributed by atoms with Crippen molar-refractivity contribution in [3.05, 3.63) is 79.9 Å². The number of thioether (sulfide) groups is 1. The van der Waals surface area contributed by atoms with E-state index in [-0.39, 0.29) is 30.1 Å². The van der Waals surface area contributed by atoms with E-state index < -0.39 is 5.91 Å². The summed E-state index contributed by atoms with van der Waals surface area (Å²) in [5.74, 6) is 1.62. The summed E-state index contributed by atoms with van der Waals surface area (Å²) in [6, 6.07) is 12.4. The number of hydrogen-bond donors (Lipinski definition) is 0. The monoisotopic (exact) mass is 588 g/mol. The van der Waals surface area contributed by atoms with Crippen LogP contribution in [-0.4, -0.2) is 34.9 Å². The minimum absolute atomic E-state index is 0.0186. The van der Waals surface area contributed by atoms with Gasteiger partial charge in [0, 0.05) is 17.3 Å². The lowest BCUT2D eigenvalue weighted by molar-refractivity contribution is -0.123. The van der Waals surface area contributed by atoms with Gasteiger partial charge in [0.15, 0.2) is 23.0 Å². The van der Waals surface area contributed by atoms with Crippen molar-refractivity contribution < 1.29 is 28.5 Å². The van der Waals surface area contributed by atoms with Crippen LogP contribution in [0.4, 0.5) is 4.79 Å². The number of pyridine rings is 1. The zero-order valence-corrected chi connectivity index (χ0v) is 22.0. The molecule has 2 aliphatic heterocycles. The molecule has 1 fully saturated rings. The van der Waals surface area contributed by atoms with Gasteiger partial charge in [0.2, 0.25) is 6.79 Å². The molecule has 0 unspecified atom stereocenters. The van der Waals surface area contributed by atoms with Crippen molar-refractivity contribution in [3.8, 4) is 23.0 Å². The summed E-state index contributed by atoms with van der Waals surface area (Å²) in [7, 11) is 1.53. The number of amides is 2. The Balaban J connectivity index is 1.35. The minimum Gasteiger partial charge on any atom is -0.493 e. The Bertz CT molecular complexity index is 1380. The Hall–Kier alpha value is -3.21. The SMILES string of the molecule is COc1cc(/C=C2/SC(=O)N(Cc3cc4c(cc3Cl)OCO4)C2=O)cc(Br)c1OCc1ccccn1. The fraction of sp³-hybridized carbons (Fsp3) is 0.160. The molecule has 184 valence electrons. The molecule has 3 aromatic rings. The highest BCUT2D eigenvalue weighted by Crippen LogP contribution is 2.41. The number of fused-ring (bicyclic) bond motifs is 1. The number of halogens is 2. The van der Waals surface area contributed by atoms with Crippen LogP contribution in [0.25, 0.3) is 6.08 Å². The second kappa shape index (κ2) is 10.4. The van der Waals surface area contributed by atoms with E-state index in [0.29, 0.717) is 43.6 Å². The number of benzene rings is 2. The van der Waals surface area contributed by atoms with Crippen LogP contribution in [0.2, 0.25) is 5.02 Å². The number of rotatable bonds is 7. The molecule has 36 heavy (non-hydrogen) atoms. The standard InChI is InChI=1S/C25H18BrClN2O6S/c1-32-21-7-14(6-17(26)23(21)33-12-16-4-2-3-5-28-16)8-22-24(30)29(25(31)36-22)11-15-9-19-20(10-18(15)27)35-13-34-19/h2-10H,11-13H2,1H3/b22-8+. The van der Waals surface area contributed by atoms with Gasteiger partial charge in [-0.05, 0) is 75.2 Å². The second-order valence-electron chi connectivity index (χ2n) is 7.71. The molecular formula is C25H18BrClN2O6S. The van der Waals surface area contributed by atoms with Crippen LogP contribution >= 0.6 is 39.3 Å². The summed E-state index contributed by atoms with van der Waals surface area (Å²) in [6.45, 7) is 0.382. The van der Waals surface area contributed by atoms with Crippen molar-refractivity contribution in [1.29, 1.82) is 0 Å². The topological polar surface area (TPSA) is 87.2 Å². The predicted molar refractivity (Wildman–Crippen MR) is 138 cm³/mol. The van der Waals surface area contributed by atoms with Crippen LogP contribution in [-0.2, 0) is 17.9 Å². The third-order valence-corrected chi connectivity index (χ3v) is 7.23. The van der Waals surface area contributed by atoms with E-state index in [2.05, 4.69) is 20.9 Å². The van der Waals surface area contributed by atoms with Gasteiger partial charge in [-0.15, -0.1) is 0 Å². The number of carbonyl (C=O) groups is 2. The number of ether oxygens (including phenoxy) is 4. The smallest absolute Gasteiger partial charge is 0.293 e. The van der Waals surface area contributed by atoms with Gasteiger partial charge in [-0.25, -0.2) is 0 Å². The Morgan fingerprint density at radius 1 is 1.19 bits per heavy atom. The first-order valence-corrected chi connectivity index (χ1v) is 12.7. The summed E-state index contributed by atoms with van der Waals surface area (Å²) in [5, 5.41) is -0.00133. The lowest BCUT2D eigenvalue weighted by atomic mass is 10.1. The molecule has 5 rings (SSSR count). The van der Waals surface area contributed by atoms with E-state index in [4.69, 9.17) is 30.5 Å². The average molecular weight is 590 g/mol. The van der Waals surface area contributed by atoms with Crippen LogP contribution in [0.5, 0.6) is 23.0 Å². The average Bonchev–Trinajstić information content (AvgIpc) is 3.42. The first-order chi connectivity index (χ1) is 17.4. The van der Waals surface area contributed by atoms with E-state index in [9.17, 15) is 9.59 Å². The molecule has 1 aromatic heterocycles. The maximum absolute atomic E-state index is 13.1. The molecule has 11 heteroatoms.